The van der Waals surface area contributed by atoms with Gasteiger partial charge < -0.3 is 10.0 Å². The maximum atomic E-state index is 8.91. The van der Waals surface area contributed by atoms with Crippen molar-refractivity contribution in [2.75, 3.05) is 18.0 Å². The van der Waals surface area contributed by atoms with Crippen LogP contribution in [0.4, 0.5) is 5.82 Å². The Bertz CT molecular complexity index is 356. The minimum absolute atomic E-state index is 0.0618. The molecule has 0 aliphatic carbocycles. The molecule has 0 bridgehead atoms. The number of aliphatic hydroxyl groups excluding tert-OH is 1. The van der Waals surface area contributed by atoms with Gasteiger partial charge in [-0.2, -0.15) is 0 Å². The van der Waals surface area contributed by atoms with E-state index in [-0.39, 0.29) is 6.61 Å². The van der Waals surface area contributed by atoms with Crippen LogP contribution < -0.4 is 4.90 Å². The molecule has 0 spiro atoms. The lowest BCUT2D eigenvalue weighted by Gasteiger charge is -2.26. The summed E-state index contributed by atoms with van der Waals surface area (Å²) in [5.41, 5.74) is 2.32. The SMILES string of the molecule is CC1=CCN(c2ccc(CO)cn2)CC1. The minimum atomic E-state index is 0.0618. The van der Waals surface area contributed by atoms with Gasteiger partial charge in [0.2, 0.25) is 0 Å². The Morgan fingerprint density at radius 3 is 2.87 bits per heavy atom. The second-order valence-electron chi connectivity index (χ2n) is 3.93. The molecule has 1 N–H and O–H groups in total. The van der Waals surface area contributed by atoms with Crippen molar-refractivity contribution in [2.45, 2.75) is 20.0 Å². The lowest BCUT2D eigenvalue weighted by atomic mass is 10.1. The normalized spacial score (nSPS) is 16.4. The summed E-state index contributed by atoms with van der Waals surface area (Å²) in [6.45, 7) is 4.21. The van der Waals surface area contributed by atoms with Gasteiger partial charge in [0.1, 0.15) is 5.82 Å². The van der Waals surface area contributed by atoms with Crippen LogP contribution >= 0.6 is 0 Å². The van der Waals surface area contributed by atoms with Crippen LogP contribution in [0.5, 0.6) is 0 Å². The molecule has 0 saturated heterocycles. The van der Waals surface area contributed by atoms with E-state index >= 15 is 0 Å². The Kier molecular flexibility index (Phi) is 3.02. The predicted octanol–water partition coefficient (Wildman–Crippen LogP) is 1.73. The van der Waals surface area contributed by atoms with Crippen LogP contribution in [0.25, 0.3) is 0 Å². The van der Waals surface area contributed by atoms with Gasteiger partial charge >= 0.3 is 0 Å². The molecule has 0 fully saturated rings. The summed E-state index contributed by atoms with van der Waals surface area (Å²) in [6, 6.07) is 3.90. The summed E-state index contributed by atoms with van der Waals surface area (Å²) in [5, 5.41) is 8.91. The Balaban J connectivity index is 2.10. The molecule has 2 rings (SSSR count). The van der Waals surface area contributed by atoms with Gasteiger partial charge in [0.05, 0.1) is 6.61 Å². The van der Waals surface area contributed by atoms with Crippen LogP contribution in [-0.4, -0.2) is 23.2 Å². The van der Waals surface area contributed by atoms with Crippen LogP contribution in [0, 0.1) is 0 Å². The second kappa shape index (κ2) is 4.45. The molecule has 1 aliphatic rings. The van der Waals surface area contributed by atoms with Crippen LogP contribution in [-0.2, 0) is 6.61 Å². The molecule has 1 aromatic heterocycles. The zero-order valence-electron chi connectivity index (χ0n) is 8.98. The van der Waals surface area contributed by atoms with Crippen molar-refractivity contribution >= 4 is 5.82 Å². The van der Waals surface area contributed by atoms with Crippen molar-refractivity contribution in [2.24, 2.45) is 0 Å². The molecule has 3 nitrogen and oxygen atoms in total. The number of aromatic nitrogens is 1. The average Bonchev–Trinajstić information content (AvgIpc) is 2.30. The fourth-order valence-electron chi connectivity index (χ4n) is 1.68. The van der Waals surface area contributed by atoms with Gasteiger partial charge in [-0.1, -0.05) is 17.7 Å². The standard InChI is InChI=1S/C12H16N2O/c1-10-4-6-14(7-5-10)12-3-2-11(9-15)8-13-12/h2-4,8,15H,5-7,9H2,1H3. The van der Waals surface area contributed by atoms with Crippen molar-refractivity contribution in [1.29, 1.82) is 0 Å². The van der Waals surface area contributed by atoms with Gasteiger partial charge in [0, 0.05) is 19.3 Å². The molecule has 0 saturated carbocycles. The third-order valence-electron chi connectivity index (χ3n) is 2.75. The van der Waals surface area contributed by atoms with E-state index in [4.69, 9.17) is 5.11 Å². The lowest BCUT2D eigenvalue weighted by Crippen LogP contribution is -2.28. The minimum Gasteiger partial charge on any atom is -0.392 e. The molecule has 0 radical (unpaired) electrons. The van der Waals surface area contributed by atoms with Crippen LogP contribution in [0.1, 0.15) is 18.9 Å². The largest absolute Gasteiger partial charge is 0.392 e. The highest BCUT2D eigenvalue weighted by atomic mass is 16.3. The lowest BCUT2D eigenvalue weighted by molar-refractivity contribution is 0.281. The van der Waals surface area contributed by atoms with Crippen molar-refractivity contribution in [3.63, 3.8) is 0 Å². The third-order valence-corrected chi connectivity index (χ3v) is 2.75. The van der Waals surface area contributed by atoms with Gasteiger partial charge in [-0.3, -0.25) is 0 Å². The van der Waals surface area contributed by atoms with E-state index in [0.29, 0.717) is 0 Å². The number of hydrogen-bond donors (Lipinski definition) is 1. The van der Waals surface area contributed by atoms with Crippen LogP contribution in [0.15, 0.2) is 30.0 Å². The van der Waals surface area contributed by atoms with Gasteiger partial charge in [-0.15, -0.1) is 0 Å². The van der Waals surface area contributed by atoms with Gasteiger partial charge in [-0.25, -0.2) is 4.98 Å². The molecule has 3 heteroatoms. The van der Waals surface area contributed by atoms with Crippen molar-refractivity contribution in [1.82, 2.24) is 4.98 Å². The highest BCUT2D eigenvalue weighted by Gasteiger charge is 2.10. The van der Waals surface area contributed by atoms with Gasteiger partial charge in [0.25, 0.3) is 0 Å². The van der Waals surface area contributed by atoms with E-state index in [0.717, 1.165) is 30.9 Å². The van der Waals surface area contributed by atoms with E-state index in [9.17, 15) is 0 Å². The molecular weight excluding hydrogens is 188 g/mol. The number of anilines is 1. The van der Waals surface area contributed by atoms with E-state index in [1.165, 1.54) is 5.57 Å². The molecule has 1 aliphatic heterocycles. The average molecular weight is 204 g/mol. The van der Waals surface area contributed by atoms with E-state index < -0.39 is 0 Å². The molecule has 1 aromatic rings. The second-order valence-corrected chi connectivity index (χ2v) is 3.93. The summed E-state index contributed by atoms with van der Waals surface area (Å²) in [7, 11) is 0. The maximum absolute atomic E-state index is 8.91. The number of aliphatic hydroxyl groups is 1. The summed E-state index contributed by atoms with van der Waals surface area (Å²) in [5.74, 6) is 0.996. The number of nitrogens with zero attached hydrogens (tertiary/aromatic N) is 2. The van der Waals surface area contributed by atoms with Crippen LogP contribution in [0.3, 0.4) is 0 Å². The van der Waals surface area contributed by atoms with Crippen LogP contribution in [0.2, 0.25) is 0 Å². The molecule has 2 heterocycles. The van der Waals surface area contributed by atoms with Crippen molar-refractivity contribution in [3.8, 4) is 0 Å². The molecule has 0 amide bonds. The Morgan fingerprint density at radius 1 is 1.47 bits per heavy atom. The summed E-state index contributed by atoms with van der Waals surface area (Å²) in [6.07, 6.45) is 5.09. The molecule has 0 aromatic carbocycles. The van der Waals surface area contributed by atoms with Gasteiger partial charge in [0.15, 0.2) is 0 Å². The quantitative estimate of drug-likeness (QED) is 0.745. The number of pyridine rings is 1. The van der Waals surface area contributed by atoms with Crippen molar-refractivity contribution in [3.05, 3.63) is 35.5 Å². The zero-order chi connectivity index (χ0) is 10.7. The predicted molar refractivity (Wildman–Crippen MR) is 60.7 cm³/mol. The Labute approximate surface area is 90.1 Å². The maximum Gasteiger partial charge on any atom is 0.128 e. The Morgan fingerprint density at radius 2 is 2.33 bits per heavy atom. The van der Waals surface area contributed by atoms with Crippen molar-refractivity contribution < 1.29 is 5.11 Å². The highest BCUT2D eigenvalue weighted by Crippen LogP contribution is 2.17. The van der Waals surface area contributed by atoms with Gasteiger partial charge in [-0.05, 0) is 25.0 Å². The Hall–Kier alpha value is -1.35. The molecule has 80 valence electrons. The highest BCUT2D eigenvalue weighted by molar-refractivity contribution is 5.41. The topological polar surface area (TPSA) is 36.4 Å². The first-order valence-corrected chi connectivity index (χ1v) is 5.26. The van der Waals surface area contributed by atoms with E-state index in [1.807, 2.05) is 12.1 Å². The third kappa shape index (κ3) is 2.36. The first-order chi connectivity index (χ1) is 7.29. The molecule has 0 unspecified atom stereocenters. The molecule has 15 heavy (non-hydrogen) atoms. The first kappa shape index (κ1) is 10.2. The molecular formula is C12H16N2O. The van der Waals surface area contributed by atoms with E-state index in [2.05, 4.69) is 22.9 Å². The van der Waals surface area contributed by atoms with E-state index in [1.54, 1.807) is 6.20 Å². The first-order valence-electron chi connectivity index (χ1n) is 5.26. The summed E-state index contributed by atoms with van der Waals surface area (Å²) >= 11 is 0. The molecule has 0 atom stereocenters. The monoisotopic (exact) mass is 204 g/mol. The summed E-state index contributed by atoms with van der Waals surface area (Å²) < 4.78 is 0. The fourth-order valence-corrected chi connectivity index (χ4v) is 1.68. The zero-order valence-corrected chi connectivity index (χ0v) is 8.98. The number of rotatable bonds is 2. The number of hydrogen-bond acceptors (Lipinski definition) is 3. The fraction of sp³-hybridized carbons (Fsp3) is 0.417. The summed E-state index contributed by atoms with van der Waals surface area (Å²) in [4.78, 5) is 6.58. The smallest absolute Gasteiger partial charge is 0.128 e.